The van der Waals surface area contributed by atoms with Gasteiger partial charge < -0.3 is 20.3 Å². The Morgan fingerprint density at radius 1 is 1.00 bits per heavy atom. The van der Waals surface area contributed by atoms with Crippen molar-refractivity contribution < 1.29 is 19.3 Å². The summed E-state index contributed by atoms with van der Waals surface area (Å²) in [6.07, 6.45) is -0.870. The Balaban J connectivity index is 1.38. The fourth-order valence-corrected chi connectivity index (χ4v) is 4.59. The van der Waals surface area contributed by atoms with Crippen LogP contribution in [0.4, 0.5) is 15.9 Å². The molecule has 1 aliphatic rings. The summed E-state index contributed by atoms with van der Waals surface area (Å²) in [5.74, 6) is 0.374. The van der Waals surface area contributed by atoms with Crippen LogP contribution in [0.5, 0.6) is 0 Å². The monoisotopic (exact) mass is 453 g/mol. The molecule has 164 valence electrons. The summed E-state index contributed by atoms with van der Waals surface area (Å²) in [6, 6.07) is 16.0. The Kier molecular flexibility index (Phi) is 5.75. The number of fused-ring (bicyclic) bond motifs is 1. The van der Waals surface area contributed by atoms with E-state index in [1.165, 1.54) is 30.5 Å². The Morgan fingerprint density at radius 2 is 1.78 bits per heavy atom. The summed E-state index contributed by atoms with van der Waals surface area (Å²) >= 11 is 1.54. The van der Waals surface area contributed by atoms with E-state index in [1.54, 1.807) is 22.8 Å². The van der Waals surface area contributed by atoms with Gasteiger partial charge in [-0.25, -0.2) is 19.3 Å². The van der Waals surface area contributed by atoms with Crippen LogP contribution in [0.25, 0.3) is 11.2 Å². The average Bonchev–Trinajstić information content (AvgIpc) is 3.36. The summed E-state index contributed by atoms with van der Waals surface area (Å²) in [6.45, 7) is 0. The van der Waals surface area contributed by atoms with Gasteiger partial charge >= 0.3 is 0 Å². The molecule has 5 rings (SSSR count). The highest BCUT2D eigenvalue weighted by Gasteiger charge is 2.44. The number of para-hydroxylation sites is 1. The molecule has 3 N–H and O–H groups in total. The van der Waals surface area contributed by atoms with Crippen LogP contribution in [-0.4, -0.2) is 53.8 Å². The molecule has 4 atom stereocenters. The molecule has 0 unspecified atom stereocenters. The third kappa shape index (κ3) is 3.93. The molecule has 32 heavy (non-hydrogen) atoms. The predicted molar refractivity (Wildman–Crippen MR) is 118 cm³/mol. The van der Waals surface area contributed by atoms with Gasteiger partial charge in [0.25, 0.3) is 0 Å². The Labute approximate surface area is 187 Å². The van der Waals surface area contributed by atoms with Crippen molar-refractivity contribution in [2.75, 3.05) is 11.1 Å². The summed E-state index contributed by atoms with van der Waals surface area (Å²) in [4.78, 5) is 13.8. The molecule has 1 saturated heterocycles. The largest absolute Gasteiger partial charge is 0.387 e. The van der Waals surface area contributed by atoms with Crippen LogP contribution in [0.3, 0.4) is 0 Å². The van der Waals surface area contributed by atoms with Gasteiger partial charge in [0.1, 0.15) is 24.4 Å². The van der Waals surface area contributed by atoms with E-state index in [-0.39, 0.29) is 5.69 Å². The summed E-state index contributed by atoms with van der Waals surface area (Å²) in [7, 11) is 0. The lowest BCUT2D eigenvalue weighted by Gasteiger charge is -2.16. The van der Waals surface area contributed by atoms with Crippen molar-refractivity contribution in [3.63, 3.8) is 0 Å². The predicted octanol–water partition coefficient (Wildman–Crippen LogP) is 3.12. The van der Waals surface area contributed by atoms with Crippen molar-refractivity contribution in [1.29, 1.82) is 0 Å². The molecule has 3 heterocycles. The van der Waals surface area contributed by atoms with Crippen molar-refractivity contribution in [1.82, 2.24) is 19.5 Å². The van der Waals surface area contributed by atoms with Gasteiger partial charge in [0.2, 0.25) is 0 Å². The normalized spacial score (nSPS) is 23.0. The van der Waals surface area contributed by atoms with Crippen LogP contribution in [0.2, 0.25) is 0 Å². The molecule has 2 aromatic heterocycles. The number of ether oxygens (including phenoxy) is 1. The SMILES string of the molecule is O[C@@H]1[C@H](O)[C@@H](CSc2ccccc2)O[C@H]1n1cnc2c(Nc3ccccc3F)ncnc21. The van der Waals surface area contributed by atoms with E-state index in [0.717, 1.165) is 4.90 Å². The van der Waals surface area contributed by atoms with E-state index >= 15 is 0 Å². The smallest absolute Gasteiger partial charge is 0.167 e. The van der Waals surface area contributed by atoms with Gasteiger partial charge in [-0.05, 0) is 24.3 Å². The molecule has 0 aliphatic carbocycles. The highest BCUT2D eigenvalue weighted by Crippen LogP contribution is 2.35. The molecule has 1 aliphatic heterocycles. The fraction of sp³-hybridized carbons (Fsp3) is 0.227. The van der Waals surface area contributed by atoms with Gasteiger partial charge in [-0.1, -0.05) is 30.3 Å². The Bertz CT molecular complexity index is 1220. The van der Waals surface area contributed by atoms with Crippen LogP contribution < -0.4 is 5.32 Å². The standard InChI is InChI=1S/C22H20FN5O3S/c23-14-8-4-5-9-15(14)27-20-17-21(25-11-24-20)28(12-26-17)22-19(30)18(29)16(31-22)10-32-13-6-2-1-3-7-13/h1-9,11-12,16,18-19,22,29-30H,10H2,(H,24,25,27)/t16-,18-,19-,22-/m1/s1. The minimum Gasteiger partial charge on any atom is -0.387 e. The van der Waals surface area contributed by atoms with Gasteiger partial charge in [0.05, 0.1) is 18.1 Å². The summed E-state index contributed by atoms with van der Waals surface area (Å²) in [5, 5.41) is 24.1. The second-order valence-corrected chi connectivity index (χ2v) is 8.41. The van der Waals surface area contributed by atoms with Crippen molar-refractivity contribution in [2.45, 2.75) is 29.4 Å². The molecular formula is C22H20FN5O3S. The molecule has 10 heteroatoms. The second kappa shape index (κ2) is 8.83. The van der Waals surface area contributed by atoms with Gasteiger partial charge in [0, 0.05) is 10.6 Å². The number of aliphatic hydroxyl groups excluding tert-OH is 2. The number of nitrogens with zero attached hydrogens (tertiary/aromatic N) is 4. The maximum absolute atomic E-state index is 14.0. The molecule has 0 saturated carbocycles. The quantitative estimate of drug-likeness (QED) is 0.383. The lowest BCUT2D eigenvalue weighted by molar-refractivity contribution is -0.0289. The zero-order chi connectivity index (χ0) is 22.1. The first-order valence-corrected chi connectivity index (χ1v) is 11.0. The van der Waals surface area contributed by atoms with Gasteiger partial charge in [-0.15, -0.1) is 11.8 Å². The number of thioether (sulfide) groups is 1. The average molecular weight is 453 g/mol. The fourth-order valence-electron chi connectivity index (χ4n) is 3.61. The third-order valence-corrected chi connectivity index (χ3v) is 6.36. The molecule has 8 nitrogen and oxygen atoms in total. The van der Waals surface area contributed by atoms with Crippen LogP contribution in [0.15, 0.2) is 72.1 Å². The van der Waals surface area contributed by atoms with Crippen LogP contribution in [-0.2, 0) is 4.74 Å². The number of nitrogens with one attached hydrogen (secondary N) is 1. The molecule has 0 spiro atoms. The Morgan fingerprint density at radius 3 is 2.59 bits per heavy atom. The first-order valence-electron chi connectivity index (χ1n) is 10.0. The Hall–Kier alpha value is -3.05. The van der Waals surface area contributed by atoms with Crippen molar-refractivity contribution in [3.05, 3.63) is 73.1 Å². The van der Waals surface area contributed by atoms with Crippen LogP contribution >= 0.6 is 11.8 Å². The number of benzene rings is 2. The number of halogens is 1. The summed E-state index contributed by atoms with van der Waals surface area (Å²) in [5.41, 5.74) is 1.04. The third-order valence-electron chi connectivity index (χ3n) is 5.25. The lowest BCUT2D eigenvalue weighted by Crippen LogP contribution is -2.32. The van der Waals surface area contributed by atoms with Crippen LogP contribution in [0, 0.1) is 5.82 Å². The van der Waals surface area contributed by atoms with Gasteiger partial charge in [-0.2, -0.15) is 0 Å². The first-order chi connectivity index (χ1) is 15.6. The number of aliphatic hydroxyl groups is 2. The van der Waals surface area contributed by atoms with E-state index < -0.39 is 30.4 Å². The maximum atomic E-state index is 14.0. The van der Waals surface area contributed by atoms with Crippen molar-refractivity contribution >= 4 is 34.4 Å². The lowest BCUT2D eigenvalue weighted by atomic mass is 10.1. The summed E-state index contributed by atoms with van der Waals surface area (Å²) < 4.78 is 21.6. The number of aromatic nitrogens is 4. The van der Waals surface area contributed by atoms with E-state index in [0.29, 0.717) is 22.7 Å². The molecule has 4 aromatic rings. The van der Waals surface area contributed by atoms with E-state index in [9.17, 15) is 14.6 Å². The molecule has 1 fully saturated rings. The van der Waals surface area contributed by atoms with Crippen molar-refractivity contribution in [3.8, 4) is 0 Å². The van der Waals surface area contributed by atoms with Crippen LogP contribution in [0.1, 0.15) is 6.23 Å². The van der Waals surface area contributed by atoms with Gasteiger partial charge in [0.15, 0.2) is 23.2 Å². The zero-order valence-electron chi connectivity index (χ0n) is 16.7. The number of imidazole rings is 1. The minimum absolute atomic E-state index is 0.257. The number of anilines is 2. The first kappa shape index (κ1) is 20.8. The molecule has 0 amide bonds. The molecular weight excluding hydrogens is 433 g/mol. The highest BCUT2D eigenvalue weighted by molar-refractivity contribution is 7.99. The van der Waals surface area contributed by atoms with E-state index in [1.807, 2.05) is 30.3 Å². The molecule has 0 bridgehead atoms. The minimum atomic E-state index is -1.16. The topological polar surface area (TPSA) is 105 Å². The van der Waals surface area contributed by atoms with E-state index in [2.05, 4.69) is 20.3 Å². The highest BCUT2D eigenvalue weighted by atomic mass is 32.2. The van der Waals surface area contributed by atoms with Crippen molar-refractivity contribution in [2.24, 2.45) is 0 Å². The second-order valence-electron chi connectivity index (χ2n) is 7.32. The number of rotatable bonds is 6. The maximum Gasteiger partial charge on any atom is 0.167 e. The molecule has 2 aromatic carbocycles. The zero-order valence-corrected chi connectivity index (χ0v) is 17.6. The molecule has 0 radical (unpaired) electrons. The van der Waals surface area contributed by atoms with Gasteiger partial charge in [-0.3, -0.25) is 4.57 Å². The number of hydrogen-bond acceptors (Lipinski definition) is 8. The number of hydrogen-bond donors (Lipinski definition) is 3. The van der Waals surface area contributed by atoms with E-state index in [4.69, 9.17) is 4.74 Å².